The molecule has 3 N–H and O–H groups in total. The Bertz CT molecular complexity index is 1180. The van der Waals surface area contributed by atoms with Crippen molar-refractivity contribution < 1.29 is 13.9 Å². The van der Waals surface area contributed by atoms with Crippen molar-refractivity contribution in [1.29, 1.82) is 0 Å². The maximum atomic E-state index is 5.82. The minimum Gasteiger partial charge on any atom is -0.490 e. The molecule has 0 spiro atoms. The van der Waals surface area contributed by atoms with Crippen molar-refractivity contribution in [3.63, 3.8) is 0 Å². The van der Waals surface area contributed by atoms with Gasteiger partial charge in [-0.1, -0.05) is 12.1 Å². The fourth-order valence-corrected chi connectivity index (χ4v) is 3.67. The molecule has 33 heavy (non-hydrogen) atoms. The summed E-state index contributed by atoms with van der Waals surface area (Å²) in [4.78, 5) is 12.7. The lowest BCUT2D eigenvalue weighted by Gasteiger charge is -2.14. The highest BCUT2D eigenvalue weighted by Gasteiger charge is 2.12. The minimum absolute atomic E-state index is 0.595. The number of hydrogen-bond donors (Lipinski definition) is 3. The van der Waals surface area contributed by atoms with Gasteiger partial charge in [-0.2, -0.15) is 0 Å². The molecule has 3 heterocycles. The lowest BCUT2D eigenvalue weighted by Crippen LogP contribution is -2.33. The number of guanidine groups is 1. The number of nitrogens with one attached hydrogen (secondary N) is 3. The Morgan fingerprint density at radius 1 is 1.00 bits per heavy atom. The molecular formula is C25H27N5O3. The predicted octanol–water partition coefficient (Wildman–Crippen LogP) is 4.16. The van der Waals surface area contributed by atoms with E-state index < -0.39 is 0 Å². The molecular weight excluding hydrogens is 418 g/mol. The number of para-hydroxylation sites is 2. The van der Waals surface area contributed by atoms with Crippen LogP contribution in [0.2, 0.25) is 0 Å². The largest absolute Gasteiger partial charge is 0.490 e. The molecule has 1 aliphatic rings. The molecule has 0 bridgehead atoms. The van der Waals surface area contributed by atoms with E-state index in [1.54, 1.807) is 6.26 Å². The quantitative estimate of drug-likeness (QED) is 0.292. The zero-order chi connectivity index (χ0) is 22.3. The molecule has 8 heteroatoms. The van der Waals surface area contributed by atoms with Crippen LogP contribution in [0.1, 0.15) is 18.0 Å². The van der Waals surface area contributed by atoms with Crippen LogP contribution < -0.4 is 20.1 Å². The van der Waals surface area contributed by atoms with Gasteiger partial charge in [-0.3, -0.25) is 4.99 Å². The second-order valence-electron chi connectivity index (χ2n) is 7.77. The minimum atomic E-state index is 0.595. The third-order valence-electron chi connectivity index (χ3n) is 5.31. The van der Waals surface area contributed by atoms with Crippen molar-refractivity contribution in [3.05, 3.63) is 72.4 Å². The van der Waals surface area contributed by atoms with E-state index in [-0.39, 0.29) is 0 Å². The first-order valence-electron chi connectivity index (χ1n) is 11.2. The number of anilines is 1. The highest BCUT2D eigenvalue weighted by atomic mass is 16.5. The number of nitrogens with zero attached hydrogens (tertiary/aromatic N) is 2. The van der Waals surface area contributed by atoms with E-state index in [0.29, 0.717) is 32.3 Å². The van der Waals surface area contributed by atoms with Crippen LogP contribution in [0.25, 0.3) is 11.0 Å². The summed E-state index contributed by atoms with van der Waals surface area (Å²) in [5.74, 6) is 4.05. The Kier molecular flexibility index (Phi) is 6.42. The van der Waals surface area contributed by atoms with Crippen LogP contribution in [0.3, 0.4) is 0 Å². The molecule has 2 aromatic heterocycles. The van der Waals surface area contributed by atoms with Gasteiger partial charge in [0.05, 0.1) is 30.5 Å². The average Bonchev–Trinajstić information content (AvgIpc) is 3.43. The van der Waals surface area contributed by atoms with E-state index in [9.17, 15) is 0 Å². The number of furan rings is 1. The number of aromatic nitrogens is 2. The first kappa shape index (κ1) is 20.9. The van der Waals surface area contributed by atoms with Crippen molar-refractivity contribution in [2.24, 2.45) is 4.99 Å². The molecule has 0 radical (unpaired) electrons. The van der Waals surface area contributed by atoms with Gasteiger partial charge < -0.3 is 29.5 Å². The summed E-state index contributed by atoms with van der Waals surface area (Å²) < 4.78 is 17.0. The highest BCUT2D eigenvalue weighted by molar-refractivity contribution is 5.94. The molecule has 0 saturated carbocycles. The van der Waals surface area contributed by atoms with Crippen LogP contribution in [-0.2, 0) is 12.8 Å². The lowest BCUT2D eigenvalue weighted by atomic mass is 10.2. The van der Waals surface area contributed by atoms with Crippen molar-refractivity contribution in [2.75, 3.05) is 31.6 Å². The molecule has 0 amide bonds. The number of hydrogen-bond acceptors (Lipinski definition) is 5. The van der Waals surface area contributed by atoms with Crippen LogP contribution in [0.15, 0.2) is 70.3 Å². The first-order valence-corrected chi connectivity index (χ1v) is 11.2. The monoisotopic (exact) mass is 445 g/mol. The van der Waals surface area contributed by atoms with Gasteiger partial charge in [0.25, 0.3) is 0 Å². The molecule has 1 aliphatic heterocycles. The van der Waals surface area contributed by atoms with Crippen LogP contribution in [-0.4, -0.2) is 42.2 Å². The van der Waals surface area contributed by atoms with Gasteiger partial charge >= 0.3 is 0 Å². The van der Waals surface area contributed by atoms with Gasteiger partial charge in [-0.15, -0.1) is 0 Å². The van der Waals surface area contributed by atoms with E-state index in [1.165, 1.54) is 0 Å². The SMILES string of the molecule is c1coc(CCN=C(NCCc2nc3ccccc3[nH]2)Nc2ccc3c(c2)OCCCO3)c1. The van der Waals surface area contributed by atoms with Crippen LogP contribution in [0, 0.1) is 0 Å². The van der Waals surface area contributed by atoms with Crippen LogP contribution in [0.4, 0.5) is 5.69 Å². The molecule has 0 saturated heterocycles. The Balaban J connectivity index is 1.25. The van der Waals surface area contributed by atoms with E-state index in [2.05, 4.69) is 20.6 Å². The molecule has 0 fully saturated rings. The second kappa shape index (κ2) is 10.1. The number of ether oxygens (including phenoxy) is 2. The smallest absolute Gasteiger partial charge is 0.195 e. The zero-order valence-corrected chi connectivity index (χ0v) is 18.3. The Morgan fingerprint density at radius 3 is 2.79 bits per heavy atom. The molecule has 0 unspecified atom stereocenters. The molecule has 0 atom stereocenters. The van der Waals surface area contributed by atoms with E-state index >= 15 is 0 Å². The summed E-state index contributed by atoms with van der Waals surface area (Å²) in [7, 11) is 0. The molecule has 2 aromatic carbocycles. The van der Waals surface area contributed by atoms with E-state index in [0.717, 1.165) is 59.1 Å². The average molecular weight is 446 g/mol. The number of aromatic amines is 1. The topological polar surface area (TPSA) is 96.7 Å². The van der Waals surface area contributed by atoms with Crippen molar-refractivity contribution in [1.82, 2.24) is 15.3 Å². The Labute approximate surface area is 192 Å². The summed E-state index contributed by atoms with van der Waals surface area (Å²) in [6.07, 6.45) is 4.03. The van der Waals surface area contributed by atoms with Gasteiger partial charge in [-0.05, 0) is 36.4 Å². The number of imidazole rings is 1. The number of aliphatic imine (C=N–C) groups is 1. The van der Waals surface area contributed by atoms with Crippen molar-refractivity contribution >= 4 is 22.7 Å². The first-order chi connectivity index (χ1) is 16.3. The number of benzene rings is 2. The maximum Gasteiger partial charge on any atom is 0.195 e. The van der Waals surface area contributed by atoms with Crippen molar-refractivity contribution in [2.45, 2.75) is 19.3 Å². The van der Waals surface area contributed by atoms with Gasteiger partial charge in [0.15, 0.2) is 17.5 Å². The summed E-state index contributed by atoms with van der Waals surface area (Å²) in [6.45, 7) is 2.59. The van der Waals surface area contributed by atoms with Gasteiger partial charge in [0.2, 0.25) is 0 Å². The molecule has 5 rings (SSSR count). The Hall–Kier alpha value is -3.94. The van der Waals surface area contributed by atoms with Gasteiger partial charge in [0, 0.05) is 44.1 Å². The molecule has 4 aromatic rings. The number of rotatable bonds is 7. The fraction of sp³-hybridized carbons (Fsp3) is 0.280. The van der Waals surface area contributed by atoms with E-state index in [4.69, 9.17) is 18.9 Å². The second-order valence-corrected chi connectivity index (χ2v) is 7.77. The third-order valence-corrected chi connectivity index (χ3v) is 5.31. The van der Waals surface area contributed by atoms with Gasteiger partial charge in [0.1, 0.15) is 11.6 Å². The lowest BCUT2D eigenvalue weighted by molar-refractivity contribution is 0.297. The fourth-order valence-electron chi connectivity index (χ4n) is 3.67. The molecule has 0 aliphatic carbocycles. The van der Waals surface area contributed by atoms with Crippen LogP contribution >= 0.6 is 0 Å². The van der Waals surface area contributed by atoms with Crippen molar-refractivity contribution in [3.8, 4) is 11.5 Å². The Morgan fingerprint density at radius 2 is 1.91 bits per heavy atom. The predicted molar refractivity (Wildman–Crippen MR) is 128 cm³/mol. The summed E-state index contributed by atoms with van der Waals surface area (Å²) >= 11 is 0. The number of H-pyrrole nitrogens is 1. The normalized spacial score (nSPS) is 13.6. The third kappa shape index (κ3) is 5.46. The highest BCUT2D eigenvalue weighted by Crippen LogP contribution is 2.32. The molecule has 8 nitrogen and oxygen atoms in total. The zero-order valence-electron chi connectivity index (χ0n) is 18.3. The standard InChI is InChI=1S/C25H27N5O3/c1-2-7-21-20(6-1)29-24(30-21)11-13-27-25(26-12-10-19-5-3-14-31-19)28-18-8-9-22-23(17-18)33-16-4-15-32-22/h1-3,5-9,14,17H,4,10-13,15-16H2,(H,29,30)(H2,26,27,28). The molecule has 170 valence electrons. The number of fused-ring (bicyclic) bond motifs is 2. The summed E-state index contributed by atoms with van der Waals surface area (Å²) in [5, 5.41) is 6.79. The van der Waals surface area contributed by atoms with Crippen LogP contribution in [0.5, 0.6) is 11.5 Å². The summed E-state index contributed by atoms with van der Waals surface area (Å²) in [5.41, 5.74) is 2.91. The van der Waals surface area contributed by atoms with Gasteiger partial charge in [-0.25, -0.2) is 4.98 Å². The maximum absolute atomic E-state index is 5.82. The van der Waals surface area contributed by atoms with E-state index in [1.807, 2.05) is 54.6 Å². The summed E-state index contributed by atoms with van der Waals surface area (Å²) in [6, 6.07) is 17.7.